The van der Waals surface area contributed by atoms with Crippen molar-refractivity contribution in [3.63, 3.8) is 0 Å². The van der Waals surface area contributed by atoms with Gasteiger partial charge in [0.15, 0.2) is 0 Å². The fourth-order valence-corrected chi connectivity index (χ4v) is 12.0. The van der Waals surface area contributed by atoms with E-state index in [-0.39, 0.29) is 5.40 Å². The van der Waals surface area contributed by atoms with Crippen LogP contribution in [0.15, 0.2) is 132 Å². The average Bonchev–Trinajstić information content (AvgIpc) is 2.85. The van der Waals surface area contributed by atoms with Crippen LogP contribution in [0.3, 0.4) is 0 Å². The van der Waals surface area contributed by atoms with Gasteiger partial charge in [-0.05, 0) is 0 Å². The zero-order chi connectivity index (χ0) is 22.2. The van der Waals surface area contributed by atoms with E-state index >= 15 is 0 Å². The molecule has 0 nitrogen and oxygen atoms in total. The molecule has 0 bridgehead atoms. The van der Waals surface area contributed by atoms with Crippen molar-refractivity contribution in [1.29, 1.82) is 0 Å². The summed E-state index contributed by atoms with van der Waals surface area (Å²) in [4.78, 5) is 0. The van der Waals surface area contributed by atoms with Crippen molar-refractivity contribution in [3.8, 4) is 0 Å². The number of rotatable bonds is 8. The third-order valence-electron chi connectivity index (χ3n) is 4.98. The van der Waals surface area contributed by atoms with E-state index in [1.54, 1.807) is 0 Å². The number of benzene rings is 4. The summed E-state index contributed by atoms with van der Waals surface area (Å²) in [5.74, 6) is 0. The third-order valence-corrected chi connectivity index (χ3v) is 12.8. The molecule has 165 valence electrons. The monoisotopic (exact) mass is 585 g/mol. The summed E-state index contributed by atoms with van der Waals surface area (Å²) in [6, 6.07) is 43.6. The van der Waals surface area contributed by atoms with Gasteiger partial charge in [-0.3, -0.25) is 0 Å². The molecule has 0 saturated carbocycles. The molecule has 0 radical (unpaired) electrons. The van der Waals surface area contributed by atoms with Crippen molar-refractivity contribution in [2.45, 2.75) is 5.40 Å². The zero-order valence-electron chi connectivity index (χ0n) is 17.2. The predicted molar refractivity (Wildman–Crippen MR) is 143 cm³/mol. The van der Waals surface area contributed by atoms with Crippen molar-refractivity contribution >= 4 is 56.1 Å². The van der Waals surface area contributed by atoms with E-state index in [0.717, 1.165) is 0 Å². The van der Waals surface area contributed by atoms with Gasteiger partial charge in [-0.2, -0.15) is 0 Å². The first kappa shape index (κ1) is 23.9. The van der Waals surface area contributed by atoms with Crippen LogP contribution in [-0.4, -0.2) is 5.40 Å². The molecule has 0 heterocycles. The van der Waals surface area contributed by atoms with Crippen LogP contribution in [0, 0.1) is 0 Å². The Morgan fingerprint density at radius 2 is 0.781 bits per heavy atom. The van der Waals surface area contributed by atoms with Crippen LogP contribution < -0.4 is 21.2 Å². The summed E-state index contributed by atoms with van der Waals surface area (Å²) < 4.78 is 2.06. The molecule has 0 aliphatic heterocycles. The molecule has 4 aromatic rings. The summed E-state index contributed by atoms with van der Waals surface area (Å²) in [7, 11) is 11.3. The first-order chi connectivity index (χ1) is 15.7. The van der Waals surface area contributed by atoms with Gasteiger partial charge in [0.1, 0.15) is 0 Å². The van der Waals surface area contributed by atoms with E-state index in [1.807, 2.05) is 0 Å². The Hall–Kier alpha value is -1.28. The minimum atomic E-state index is -1.68. The second-order valence-corrected chi connectivity index (χ2v) is 17.2. The van der Waals surface area contributed by atoms with E-state index in [4.69, 9.17) is 19.1 Å². The molecule has 5 heteroatoms. The molecule has 4 rings (SSSR count). The van der Waals surface area contributed by atoms with Crippen LogP contribution in [0.25, 0.3) is 0 Å². The fourth-order valence-electron chi connectivity index (χ4n) is 3.65. The van der Waals surface area contributed by atoms with E-state index < -0.39 is 30.6 Å². The molecule has 0 atom stereocenters. The first-order valence-corrected chi connectivity index (χ1v) is 17.9. The maximum atomic E-state index is 6.32. The molecule has 0 aromatic heterocycles. The van der Waals surface area contributed by atoms with E-state index in [9.17, 15) is 0 Å². The van der Waals surface area contributed by atoms with Gasteiger partial charge in [0.25, 0.3) is 0 Å². The molecular weight excluding hydrogens is 564 g/mol. The van der Waals surface area contributed by atoms with Gasteiger partial charge in [-0.25, -0.2) is 0 Å². The Labute approximate surface area is 207 Å². The van der Waals surface area contributed by atoms with Crippen LogP contribution in [0.2, 0.25) is 0 Å². The van der Waals surface area contributed by atoms with Gasteiger partial charge in [-0.15, -0.1) is 0 Å². The Balaban J connectivity index is 1.94. The molecule has 0 fully saturated rings. The normalized spacial score (nSPS) is 12.1. The summed E-state index contributed by atoms with van der Waals surface area (Å²) in [5.41, 5.74) is 0. The van der Waals surface area contributed by atoms with Crippen LogP contribution >= 0.6 is 34.9 Å². The Kier molecular flexibility index (Phi) is 9.14. The molecule has 4 aromatic carbocycles. The topological polar surface area (TPSA) is 0 Å². The Morgan fingerprint density at radius 1 is 0.500 bits per heavy atom. The quantitative estimate of drug-likeness (QED) is 0.154. The van der Waals surface area contributed by atoms with Crippen LogP contribution in [-0.2, 0) is 14.7 Å². The van der Waals surface area contributed by atoms with Crippen molar-refractivity contribution in [3.05, 3.63) is 132 Å². The second-order valence-electron chi connectivity index (χ2n) is 6.98. The SMILES string of the molecule is [Cl][Pd]([Cl])[CH]=CC(P(c1ccccc1)c1ccccc1)P(c1ccccc1)c1ccccc1. The van der Waals surface area contributed by atoms with Crippen LogP contribution in [0.4, 0.5) is 0 Å². The van der Waals surface area contributed by atoms with Gasteiger partial charge in [0.2, 0.25) is 0 Å². The van der Waals surface area contributed by atoms with E-state index in [0.29, 0.717) is 0 Å². The molecule has 0 unspecified atom stereocenters. The Bertz CT molecular complexity index is 945. The maximum absolute atomic E-state index is 6.32. The number of halogens is 2. The van der Waals surface area contributed by atoms with Gasteiger partial charge in [0, 0.05) is 0 Å². The summed E-state index contributed by atoms with van der Waals surface area (Å²) >= 11 is -1.68. The first-order valence-electron chi connectivity index (χ1n) is 10.1. The van der Waals surface area contributed by atoms with Crippen molar-refractivity contribution in [1.82, 2.24) is 0 Å². The van der Waals surface area contributed by atoms with E-state index in [2.05, 4.69) is 132 Å². The summed E-state index contributed by atoms with van der Waals surface area (Å²) in [6.45, 7) is 0. The molecular formula is C27H23Cl2P2Pd. The number of allylic oxidation sites excluding steroid dienone is 1. The predicted octanol–water partition coefficient (Wildman–Crippen LogP) is 7.02. The molecule has 0 spiro atoms. The second kappa shape index (κ2) is 12.3. The van der Waals surface area contributed by atoms with Gasteiger partial charge in [0.05, 0.1) is 0 Å². The fraction of sp³-hybridized carbons (Fsp3) is 0.0370. The van der Waals surface area contributed by atoms with E-state index in [1.165, 1.54) is 21.2 Å². The molecule has 0 aliphatic carbocycles. The third kappa shape index (κ3) is 6.19. The molecule has 0 saturated heterocycles. The zero-order valence-corrected chi connectivity index (χ0v) is 22.1. The summed E-state index contributed by atoms with van der Waals surface area (Å²) in [5, 5.41) is 5.71. The van der Waals surface area contributed by atoms with Gasteiger partial charge in [-0.1, -0.05) is 0 Å². The number of hydrogen-bond donors (Lipinski definition) is 0. The molecule has 0 aliphatic rings. The van der Waals surface area contributed by atoms with Crippen molar-refractivity contribution in [2.24, 2.45) is 0 Å². The average molecular weight is 587 g/mol. The van der Waals surface area contributed by atoms with Crippen molar-refractivity contribution in [2.75, 3.05) is 0 Å². The van der Waals surface area contributed by atoms with Crippen LogP contribution in [0.5, 0.6) is 0 Å². The molecule has 0 amide bonds. The summed E-state index contributed by atoms with van der Waals surface area (Å²) in [6.07, 6.45) is 2.32. The van der Waals surface area contributed by atoms with Crippen molar-refractivity contribution < 1.29 is 14.7 Å². The standard InChI is InChI=1S/C27H23P2.2ClH.Pd/c1-2-27(28(23-15-7-3-8-16-23)24-17-9-4-10-18-24)29(25-19-11-5-12-20-25)26-21-13-6-14-22-26;;;/h1-22,27H;2*1H;/q;;;+2/p-2. The van der Waals surface area contributed by atoms with Gasteiger partial charge >= 0.3 is 208 Å². The van der Waals surface area contributed by atoms with Gasteiger partial charge < -0.3 is 0 Å². The molecule has 32 heavy (non-hydrogen) atoms. The minimum absolute atomic E-state index is 0.260. The van der Waals surface area contributed by atoms with Crippen LogP contribution in [0.1, 0.15) is 0 Å². The number of hydrogen-bond acceptors (Lipinski definition) is 0. The molecule has 0 N–H and O–H groups in total. The Morgan fingerprint density at radius 3 is 1.03 bits per heavy atom.